The molecule has 0 unspecified atom stereocenters. The summed E-state index contributed by atoms with van der Waals surface area (Å²) in [6, 6.07) is 0.313. The second-order valence-corrected chi connectivity index (χ2v) is 4.53. The van der Waals surface area contributed by atoms with Gasteiger partial charge >= 0.3 is 6.55 Å². The summed E-state index contributed by atoms with van der Waals surface area (Å²) in [7, 11) is 0. The van der Waals surface area contributed by atoms with Crippen LogP contribution in [-0.2, 0) is 0 Å². The van der Waals surface area contributed by atoms with E-state index in [0.29, 0.717) is 29.0 Å². The molecule has 1 fully saturated rings. The number of nitrogens with zero attached hydrogens (tertiary/aromatic N) is 2. The molecule has 1 aromatic heterocycles. The Morgan fingerprint density at radius 1 is 1.39 bits per heavy atom. The van der Waals surface area contributed by atoms with Gasteiger partial charge in [-0.05, 0) is 31.6 Å². The van der Waals surface area contributed by atoms with Crippen LogP contribution in [0.1, 0.15) is 32.2 Å². The lowest BCUT2D eigenvalue weighted by atomic mass is 9.87. The lowest BCUT2D eigenvalue weighted by Crippen LogP contribution is -2.28. The molecule has 1 heterocycles. The Labute approximate surface area is 111 Å². The van der Waals surface area contributed by atoms with Crippen molar-refractivity contribution in [3.63, 3.8) is 0 Å². The zero-order valence-electron chi connectivity index (χ0n) is 9.97. The molecular weight excluding hydrogens is 264 g/mol. The summed E-state index contributed by atoms with van der Waals surface area (Å²) >= 11 is 0. The Morgan fingerprint density at radius 3 is 2.61 bits per heavy atom. The van der Waals surface area contributed by atoms with E-state index in [-0.39, 0.29) is 12.4 Å². The first-order valence-electron chi connectivity index (χ1n) is 5.86. The van der Waals surface area contributed by atoms with Gasteiger partial charge in [0.15, 0.2) is 5.75 Å². The van der Waals surface area contributed by atoms with Gasteiger partial charge in [-0.25, -0.2) is 4.68 Å². The summed E-state index contributed by atoms with van der Waals surface area (Å²) in [5.74, 6) is 0.880. The zero-order chi connectivity index (χ0) is 12.3. The predicted octanol–water partition coefficient (Wildman–Crippen LogP) is 2.60. The van der Waals surface area contributed by atoms with Crippen molar-refractivity contribution >= 4 is 12.4 Å². The molecule has 4 nitrogen and oxygen atoms in total. The summed E-state index contributed by atoms with van der Waals surface area (Å²) in [5, 5.41) is 3.51. The topological polar surface area (TPSA) is 53.1 Å². The fourth-order valence-corrected chi connectivity index (χ4v) is 2.07. The predicted molar refractivity (Wildman–Crippen MR) is 66.2 cm³/mol. The van der Waals surface area contributed by atoms with Gasteiger partial charge in [0.25, 0.3) is 0 Å². The lowest BCUT2D eigenvalue weighted by molar-refractivity contribution is 0.0562. The number of nitrogens with two attached hydrogens (primary N) is 1. The highest BCUT2D eigenvalue weighted by Gasteiger charge is 2.19. The van der Waals surface area contributed by atoms with Crippen LogP contribution in [0.25, 0.3) is 0 Å². The molecule has 104 valence electrons. The van der Waals surface area contributed by atoms with E-state index in [1.165, 1.54) is 12.4 Å². The highest BCUT2D eigenvalue weighted by molar-refractivity contribution is 5.85. The first-order valence-corrected chi connectivity index (χ1v) is 5.86. The van der Waals surface area contributed by atoms with Crippen LogP contribution in [-0.4, -0.2) is 22.4 Å². The third-order valence-corrected chi connectivity index (χ3v) is 3.15. The quantitative estimate of drug-likeness (QED) is 0.923. The van der Waals surface area contributed by atoms with Crippen molar-refractivity contribution in [2.24, 2.45) is 11.7 Å². The van der Waals surface area contributed by atoms with Gasteiger partial charge in [0.05, 0.1) is 19.0 Å². The molecule has 1 aromatic rings. The van der Waals surface area contributed by atoms with Crippen molar-refractivity contribution in [3.8, 4) is 5.75 Å². The van der Waals surface area contributed by atoms with Gasteiger partial charge in [0, 0.05) is 6.04 Å². The number of rotatable bonds is 4. The summed E-state index contributed by atoms with van der Waals surface area (Å²) in [4.78, 5) is 0. The van der Waals surface area contributed by atoms with E-state index in [4.69, 9.17) is 10.5 Å². The summed E-state index contributed by atoms with van der Waals surface area (Å²) in [5.41, 5.74) is 5.80. The van der Waals surface area contributed by atoms with Crippen LogP contribution in [0.5, 0.6) is 5.75 Å². The van der Waals surface area contributed by atoms with Crippen molar-refractivity contribution in [3.05, 3.63) is 12.4 Å². The number of aromatic nitrogens is 2. The average Bonchev–Trinajstić information content (AvgIpc) is 2.77. The highest BCUT2D eigenvalue weighted by Crippen LogP contribution is 2.24. The largest absolute Gasteiger partial charge is 0.490 e. The molecule has 1 saturated carbocycles. The maximum absolute atomic E-state index is 12.2. The summed E-state index contributed by atoms with van der Waals surface area (Å²) in [6.07, 6.45) is 6.67. The maximum Gasteiger partial charge on any atom is 0.333 e. The summed E-state index contributed by atoms with van der Waals surface area (Å²) in [6.45, 7) is -2.05. The molecular formula is C11H18ClF2N3O. The average molecular weight is 282 g/mol. The molecule has 0 aromatic carbocycles. The van der Waals surface area contributed by atoms with Crippen LogP contribution in [0.2, 0.25) is 0 Å². The van der Waals surface area contributed by atoms with Crippen molar-refractivity contribution in [2.75, 3.05) is 6.61 Å². The highest BCUT2D eigenvalue weighted by atomic mass is 35.5. The Balaban J connectivity index is 0.00000162. The van der Waals surface area contributed by atoms with Gasteiger partial charge in [0.1, 0.15) is 0 Å². The van der Waals surface area contributed by atoms with Crippen LogP contribution in [0.15, 0.2) is 12.4 Å². The normalized spacial score (nSPS) is 23.8. The van der Waals surface area contributed by atoms with Gasteiger partial charge < -0.3 is 10.5 Å². The SMILES string of the molecule is Cl.NC1CCC(COc2cnn(C(F)F)c2)CC1. The molecule has 0 atom stereocenters. The Kier molecular flexibility index (Phi) is 5.81. The Bertz CT molecular complexity index is 354. The number of hydrogen-bond donors (Lipinski definition) is 1. The standard InChI is InChI=1S/C11H17F2N3O.ClH/c12-11(13)16-6-10(5-15-16)17-7-8-1-3-9(14)4-2-8;/h5-6,8-9,11H,1-4,7,14H2;1H. The molecule has 7 heteroatoms. The molecule has 0 radical (unpaired) electrons. The fraction of sp³-hybridized carbons (Fsp3) is 0.727. The van der Waals surface area contributed by atoms with E-state index >= 15 is 0 Å². The molecule has 0 amide bonds. The molecule has 2 N–H and O–H groups in total. The Hall–Kier alpha value is -0.880. The number of halogens is 3. The van der Waals surface area contributed by atoms with Crippen LogP contribution in [0.3, 0.4) is 0 Å². The van der Waals surface area contributed by atoms with Crippen LogP contribution >= 0.6 is 12.4 Å². The zero-order valence-corrected chi connectivity index (χ0v) is 10.8. The van der Waals surface area contributed by atoms with E-state index in [1.54, 1.807) is 0 Å². The Morgan fingerprint density at radius 2 is 2.06 bits per heavy atom. The third-order valence-electron chi connectivity index (χ3n) is 3.15. The van der Waals surface area contributed by atoms with E-state index < -0.39 is 6.55 Å². The van der Waals surface area contributed by atoms with Crippen molar-refractivity contribution in [2.45, 2.75) is 38.3 Å². The monoisotopic (exact) mass is 281 g/mol. The number of ether oxygens (including phenoxy) is 1. The van der Waals surface area contributed by atoms with Crippen molar-refractivity contribution < 1.29 is 13.5 Å². The minimum Gasteiger partial charge on any atom is -0.490 e. The molecule has 2 rings (SSSR count). The van der Waals surface area contributed by atoms with Crippen LogP contribution in [0, 0.1) is 5.92 Å². The van der Waals surface area contributed by atoms with E-state index in [2.05, 4.69) is 5.10 Å². The smallest absolute Gasteiger partial charge is 0.333 e. The molecule has 18 heavy (non-hydrogen) atoms. The number of alkyl halides is 2. The first kappa shape index (κ1) is 15.2. The molecule has 1 aliphatic carbocycles. The lowest BCUT2D eigenvalue weighted by Gasteiger charge is -2.25. The van der Waals surface area contributed by atoms with Crippen LogP contribution < -0.4 is 10.5 Å². The van der Waals surface area contributed by atoms with Gasteiger partial charge in [-0.3, -0.25) is 0 Å². The molecule has 0 bridgehead atoms. The second kappa shape index (κ2) is 6.89. The van der Waals surface area contributed by atoms with Gasteiger partial charge in [0.2, 0.25) is 0 Å². The van der Waals surface area contributed by atoms with Gasteiger partial charge in [-0.1, -0.05) is 0 Å². The van der Waals surface area contributed by atoms with Gasteiger partial charge in [-0.2, -0.15) is 13.9 Å². The van der Waals surface area contributed by atoms with E-state index in [0.717, 1.165) is 25.7 Å². The van der Waals surface area contributed by atoms with Crippen molar-refractivity contribution in [1.82, 2.24) is 9.78 Å². The first-order chi connectivity index (χ1) is 8.15. The maximum atomic E-state index is 12.2. The molecule has 1 aliphatic rings. The second-order valence-electron chi connectivity index (χ2n) is 4.53. The molecule has 0 saturated heterocycles. The van der Waals surface area contributed by atoms with Crippen LogP contribution in [0.4, 0.5) is 8.78 Å². The van der Waals surface area contributed by atoms with Crippen molar-refractivity contribution in [1.29, 1.82) is 0 Å². The molecule has 0 spiro atoms. The summed E-state index contributed by atoms with van der Waals surface area (Å²) < 4.78 is 30.5. The fourth-order valence-electron chi connectivity index (χ4n) is 2.07. The molecule has 0 aliphatic heterocycles. The van der Waals surface area contributed by atoms with E-state index in [1.807, 2.05) is 0 Å². The van der Waals surface area contributed by atoms with E-state index in [9.17, 15) is 8.78 Å². The third kappa shape index (κ3) is 4.10. The van der Waals surface area contributed by atoms with Gasteiger partial charge in [-0.15, -0.1) is 12.4 Å². The minimum absolute atomic E-state index is 0. The minimum atomic E-state index is -2.61. The number of hydrogen-bond acceptors (Lipinski definition) is 3.